The SMILES string of the molecule is CC(=O)Nc1cc2c(Nc3ccc(CC(=O)c4ccccc4)c(Cl)c3)c(C#N)cnc2cc1C. The summed E-state index contributed by atoms with van der Waals surface area (Å²) in [7, 11) is 0. The standard InChI is InChI=1S/C27H21ClN4O2/c1-16-10-25-22(13-24(16)31-17(2)33)27(20(14-29)15-30-25)32-21-9-8-19(23(28)12-21)11-26(34)18-6-4-3-5-7-18/h3-10,12-13,15H,11H2,1-2H3,(H,30,32)(H,31,33). The summed E-state index contributed by atoms with van der Waals surface area (Å²) in [5, 5.41) is 16.9. The molecule has 0 aliphatic carbocycles. The van der Waals surface area contributed by atoms with Crippen LogP contribution in [-0.2, 0) is 11.2 Å². The van der Waals surface area contributed by atoms with Crippen LogP contribution in [0.2, 0.25) is 5.02 Å². The van der Waals surface area contributed by atoms with Crippen molar-refractivity contribution in [1.82, 2.24) is 4.98 Å². The lowest BCUT2D eigenvalue weighted by molar-refractivity contribution is -0.114. The quantitative estimate of drug-likeness (QED) is 0.329. The minimum atomic E-state index is -0.186. The maximum absolute atomic E-state index is 12.6. The van der Waals surface area contributed by atoms with Gasteiger partial charge in [0.25, 0.3) is 0 Å². The lowest BCUT2D eigenvalue weighted by atomic mass is 10.0. The molecule has 168 valence electrons. The average molecular weight is 469 g/mol. The van der Waals surface area contributed by atoms with Crippen molar-refractivity contribution < 1.29 is 9.59 Å². The zero-order valence-corrected chi connectivity index (χ0v) is 19.4. The molecular weight excluding hydrogens is 448 g/mol. The smallest absolute Gasteiger partial charge is 0.221 e. The Balaban J connectivity index is 1.67. The monoisotopic (exact) mass is 468 g/mol. The van der Waals surface area contributed by atoms with Crippen molar-refractivity contribution in [3.8, 4) is 6.07 Å². The van der Waals surface area contributed by atoms with Crippen LogP contribution in [0.4, 0.5) is 17.1 Å². The van der Waals surface area contributed by atoms with Crippen molar-refractivity contribution in [2.75, 3.05) is 10.6 Å². The molecule has 0 aliphatic rings. The molecule has 3 aromatic carbocycles. The number of pyridine rings is 1. The van der Waals surface area contributed by atoms with Gasteiger partial charge in [-0.1, -0.05) is 48.0 Å². The van der Waals surface area contributed by atoms with Crippen LogP contribution in [0, 0.1) is 18.3 Å². The topological polar surface area (TPSA) is 94.9 Å². The zero-order chi connectivity index (χ0) is 24.2. The van der Waals surface area contributed by atoms with Crippen molar-refractivity contribution in [1.29, 1.82) is 5.26 Å². The third-order valence-electron chi connectivity index (χ3n) is 5.41. The Morgan fingerprint density at radius 3 is 2.53 bits per heavy atom. The maximum atomic E-state index is 12.6. The minimum absolute atomic E-state index is 0.0176. The number of Topliss-reactive ketones (excluding diaryl/α,β-unsaturated/α-hetero) is 1. The number of nitrogens with one attached hydrogen (secondary N) is 2. The van der Waals surface area contributed by atoms with E-state index in [4.69, 9.17) is 11.6 Å². The van der Waals surface area contributed by atoms with E-state index in [0.717, 1.165) is 5.56 Å². The molecule has 0 unspecified atom stereocenters. The van der Waals surface area contributed by atoms with E-state index in [1.54, 1.807) is 30.3 Å². The molecule has 4 aromatic rings. The van der Waals surface area contributed by atoms with Crippen LogP contribution in [0.25, 0.3) is 10.9 Å². The van der Waals surface area contributed by atoms with Gasteiger partial charge in [0.05, 0.1) is 16.8 Å². The van der Waals surface area contributed by atoms with Gasteiger partial charge in [-0.3, -0.25) is 14.6 Å². The third-order valence-corrected chi connectivity index (χ3v) is 5.77. The van der Waals surface area contributed by atoms with Gasteiger partial charge in [-0.05, 0) is 42.3 Å². The van der Waals surface area contributed by atoms with E-state index in [1.165, 1.54) is 13.1 Å². The Morgan fingerprint density at radius 1 is 1.09 bits per heavy atom. The van der Waals surface area contributed by atoms with Gasteiger partial charge in [-0.15, -0.1) is 0 Å². The number of fused-ring (bicyclic) bond motifs is 1. The number of aryl methyl sites for hydroxylation is 1. The molecule has 0 aliphatic heterocycles. The van der Waals surface area contributed by atoms with Gasteiger partial charge in [0, 0.05) is 46.9 Å². The highest BCUT2D eigenvalue weighted by Gasteiger charge is 2.14. The molecule has 1 heterocycles. The third kappa shape index (κ3) is 4.90. The minimum Gasteiger partial charge on any atom is -0.354 e. The van der Waals surface area contributed by atoms with Crippen LogP contribution in [0.3, 0.4) is 0 Å². The second-order valence-electron chi connectivity index (χ2n) is 7.92. The van der Waals surface area contributed by atoms with E-state index in [-0.39, 0.29) is 18.1 Å². The van der Waals surface area contributed by atoms with Gasteiger partial charge in [0.2, 0.25) is 5.91 Å². The van der Waals surface area contributed by atoms with Crippen molar-refractivity contribution >= 4 is 51.3 Å². The highest BCUT2D eigenvalue weighted by Crippen LogP contribution is 2.33. The number of anilines is 3. The van der Waals surface area contributed by atoms with E-state index >= 15 is 0 Å². The van der Waals surface area contributed by atoms with E-state index in [1.807, 2.05) is 37.3 Å². The molecule has 2 N–H and O–H groups in total. The summed E-state index contributed by atoms with van der Waals surface area (Å²) in [4.78, 5) is 28.6. The van der Waals surface area contributed by atoms with Crippen molar-refractivity contribution in [3.05, 3.63) is 94.1 Å². The summed E-state index contributed by atoms with van der Waals surface area (Å²) in [6.07, 6.45) is 1.70. The first kappa shape index (κ1) is 23.0. The Hall–Kier alpha value is -4.21. The number of amides is 1. The molecule has 1 amide bonds. The molecule has 1 aromatic heterocycles. The summed E-state index contributed by atoms with van der Waals surface area (Å²) >= 11 is 6.51. The van der Waals surface area contributed by atoms with Crippen molar-refractivity contribution in [2.45, 2.75) is 20.3 Å². The van der Waals surface area contributed by atoms with Crippen LogP contribution in [-0.4, -0.2) is 16.7 Å². The molecule has 0 fully saturated rings. The summed E-state index contributed by atoms with van der Waals surface area (Å²) in [5.41, 5.74) is 5.11. The molecular formula is C27H21ClN4O2. The highest BCUT2D eigenvalue weighted by atomic mass is 35.5. The summed E-state index contributed by atoms with van der Waals surface area (Å²) < 4.78 is 0. The number of hydrogen-bond acceptors (Lipinski definition) is 5. The van der Waals surface area contributed by atoms with Gasteiger partial charge in [0.1, 0.15) is 6.07 Å². The molecule has 34 heavy (non-hydrogen) atoms. The number of carbonyl (C=O) groups is 2. The van der Waals surface area contributed by atoms with E-state index in [9.17, 15) is 14.9 Å². The molecule has 0 radical (unpaired) electrons. The summed E-state index contributed by atoms with van der Waals surface area (Å²) in [5.74, 6) is -0.204. The van der Waals surface area contributed by atoms with Gasteiger partial charge >= 0.3 is 0 Å². The molecule has 0 bridgehead atoms. The van der Waals surface area contributed by atoms with E-state index in [2.05, 4.69) is 21.7 Å². The van der Waals surface area contributed by atoms with Gasteiger partial charge in [-0.25, -0.2) is 0 Å². The largest absolute Gasteiger partial charge is 0.354 e. The first-order valence-corrected chi connectivity index (χ1v) is 11.0. The summed E-state index contributed by atoms with van der Waals surface area (Å²) in [6.45, 7) is 3.33. The molecule has 0 saturated carbocycles. The summed E-state index contributed by atoms with van der Waals surface area (Å²) in [6, 6.07) is 20.2. The first-order chi connectivity index (χ1) is 16.4. The van der Waals surface area contributed by atoms with Gasteiger partial charge in [-0.2, -0.15) is 5.26 Å². The second-order valence-corrected chi connectivity index (χ2v) is 8.33. The van der Waals surface area contributed by atoms with Crippen LogP contribution < -0.4 is 10.6 Å². The number of ketones is 1. The molecule has 6 nitrogen and oxygen atoms in total. The fourth-order valence-electron chi connectivity index (χ4n) is 3.70. The maximum Gasteiger partial charge on any atom is 0.221 e. The number of hydrogen-bond donors (Lipinski definition) is 2. The second kappa shape index (κ2) is 9.74. The first-order valence-electron chi connectivity index (χ1n) is 10.6. The fraction of sp³-hybridized carbons (Fsp3) is 0.111. The number of carbonyl (C=O) groups excluding carboxylic acids is 2. The zero-order valence-electron chi connectivity index (χ0n) is 18.6. The van der Waals surface area contributed by atoms with Crippen molar-refractivity contribution in [3.63, 3.8) is 0 Å². The predicted octanol–water partition coefficient (Wildman–Crippen LogP) is 6.20. The van der Waals surface area contributed by atoms with Crippen LogP contribution in [0.1, 0.15) is 34.0 Å². The molecule has 7 heteroatoms. The van der Waals surface area contributed by atoms with Gasteiger partial charge < -0.3 is 10.6 Å². The predicted molar refractivity (Wildman–Crippen MR) is 135 cm³/mol. The molecule has 0 saturated heterocycles. The van der Waals surface area contributed by atoms with E-state index < -0.39 is 0 Å². The molecule has 0 atom stereocenters. The fourth-order valence-corrected chi connectivity index (χ4v) is 3.95. The number of halogens is 1. The highest BCUT2D eigenvalue weighted by molar-refractivity contribution is 6.32. The van der Waals surface area contributed by atoms with Crippen LogP contribution in [0.15, 0.2) is 66.9 Å². The Labute approximate surface area is 202 Å². The number of aromatic nitrogens is 1. The Bertz CT molecular complexity index is 1460. The molecule has 0 spiro atoms. The molecule has 4 rings (SSSR count). The Kier molecular flexibility index (Phi) is 6.58. The number of benzene rings is 3. The van der Waals surface area contributed by atoms with Gasteiger partial charge in [0.15, 0.2) is 5.78 Å². The van der Waals surface area contributed by atoms with E-state index in [0.29, 0.717) is 49.7 Å². The lowest BCUT2D eigenvalue weighted by Crippen LogP contribution is -2.07. The lowest BCUT2D eigenvalue weighted by Gasteiger charge is -2.15. The number of nitrogens with zero attached hydrogens (tertiary/aromatic N) is 2. The van der Waals surface area contributed by atoms with Crippen LogP contribution in [0.5, 0.6) is 0 Å². The van der Waals surface area contributed by atoms with Crippen molar-refractivity contribution in [2.24, 2.45) is 0 Å². The average Bonchev–Trinajstić information content (AvgIpc) is 2.82. The normalized spacial score (nSPS) is 10.5. The van der Waals surface area contributed by atoms with Crippen LogP contribution >= 0.6 is 11.6 Å². The Morgan fingerprint density at radius 2 is 1.85 bits per heavy atom. The number of rotatable bonds is 6. The number of nitriles is 1.